The molecule has 1 unspecified atom stereocenters. The number of guanidine groups is 1. The van der Waals surface area contributed by atoms with Crippen LogP contribution < -0.4 is 10.6 Å². The highest BCUT2D eigenvalue weighted by atomic mass is 16.6. The van der Waals surface area contributed by atoms with E-state index >= 15 is 0 Å². The number of nitro benzene ring substituents is 1. The molecule has 1 atom stereocenters. The van der Waals surface area contributed by atoms with Gasteiger partial charge in [-0.05, 0) is 31.2 Å². The highest BCUT2D eigenvalue weighted by Crippen LogP contribution is 2.11. The minimum atomic E-state index is -0.395. The van der Waals surface area contributed by atoms with Crippen molar-refractivity contribution in [1.29, 1.82) is 0 Å². The topological polar surface area (TPSA) is 79.6 Å². The van der Waals surface area contributed by atoms with Crippen LogP contribution in [0.5, 0.6) is 0 Å². The molecule has 0 bridgehead atoms. The molecule has 2 N–H and O–H groups in total. The molecule has 0 saturated heterocycles. The lowest BCUT2D eigenvalue weighted by atomic mass is 10.0. The summed E-state index contributed by atoms with van der Waals surface area (Å²) in [6.07, 6.45) is 2.27. The molecule has 0 aromatic heterocycles. The largest absolute Gasteiger partial charge is 0.354 e. The fourth-order valence-electron chi connectivity index (χ4n) is 2.00. The maximum absolute atomic E-state index is 10.6. The molecule has 0 radical (unpaired) electrons. The second-order valence-electron chi connectivity index (χ2n) is 5.87. The quantitative estimate of drug-likeness (QED) is 0.351. The predicted octanol–water partition coefficient (Wildman–Crippen LogP) is 3.08. The molecule has 1 aromatic rings. The molecule has 1 aromatic carbocycles. The maximum Gasteiger partial charge on any atom is 0.269 e. The molecule has 0 aliphatic heterocycles. The third-order valence-corrected chi connectivity index (χ3v) is 3.39. The van der Waals surface area contributed by atoms with Gasteiger partial charge in [0.25, 0.3) is 5.69 Å². The summed E-state index contributed by atoms with van der Waals surface area (Å²) in [6, 6.07) is 6.88. The maximum atomic E-state index is 10.6. The van der Waals surface area contributed by atoms with Gasteiger partial charge in [-0.2, -0.15) is 0 Å². The predicted molar refractivity (Wildman–Crippen MR) is 90.0 cm³/mol. The number of nitrogens with zero attached hydrogens (tertiary/aromatic N) is 2. The minimum absolute atomic E-state index is 0.105. The number of hydrogen-bond donors (Lipinski definition) is 2. The average Bonchev–Trinajstić information content (AvgIpc) is 2.49. The summed E-state index contributed by atoms with van der Waals surface area (Å²) in [4.78, 5) is 14.4. The lowest BCUT2D eigenvalue weighted by Gasteiger charge is -2.18. The molecule has 22 heavy (non-hydrogen) atoms. The molecule has 0 aliphatic rings. The SMILES string of the molecule is CN=C(NCc1ccc([N+](=O)[O-])cc1)NC(C)CCC(C)C. The first-order valence-electron chi connectivity index (χ1n) is 7.63. The minimum Gasteiger partial charge on any atom is -0.354 e. The van der Waals surface area contributed by atoms with Crippen molar-refractivity contribution in [3.8, 4) is 0 Å². The van der Waals surface area contributed by atoms with Crippen LogP contribution in [0.1, 0.15) is 39.2 Å². The van der Waals surface area contributed by atoms with E-state index in [2.05, 4.69) is 36.4 Å². The molecular formula is C16H26N4O2. The van der Waals surface area contributed by atoms with Gasteiger partial charge in [0, 0.05) is 31.8 Å². The number of non-ortho nitro benzene ring substituents is 1. The first kappa shape index (κ1) is 17.9. The highest BCUT2D eigenvalue weighted by molar-refractivity contribution is 5.79. The van der Waals surface area contributed by atoms with Crippen molar-refractivity contribution in [2.75, 3.05) is 7.05 Å². The van der Waals surface area contributed by atoms with Crippen LogP contribution in [0.2, 0.25) is 0 Å². The Hall–Kier alpha value is -2.11. The number of nitrogens with one attached hydrogen (secondary N) is 2. The molecule has 0 heterocycles. The Morgan fingerprint density at radius 3 is 2.36 bits per heavy atom. The van der Waals surface area contributed by atoms with E-state index in [4.69, 9.17) is 0 Å². The zero-order chi connectivity index (χ0) is 16.5. The van der Waals surface area contributed by atoms with Gasteiger partial charge in [-0.25, -0.2) is 0 Å². The summed E-state index contributed by atoms with van der Waals surface area (Å²) >= 11 is 0. The van der Waals surface area contributed by atoms with Crippen LogP contribution in [0.15, 0.2) is 29.3 Å². The Balaban J connectivity index is 2.45. The Labute approximate surface area is 132 Å². The molecule has 0 spiro atoms. The van der Waals surface area contributed by atoms with E-state index in [1.54, 1.807) is 19.2 Å². The van der Waals surface area contributed by atoms with Gasteiger partial charge >= 0.3 is 0 Å². The molecular weight excluding hydrogens is 280 g/mol. The standard InChI is InChI=1S/C16H26N4O2/c1-12(2)5-6-13(3)19-16(17-4)18-11-14-7-9-15(10-8-14)20(21)22/h7-10,12-13H,5-6,11H2,1-4H3,(H2,17,18,19). The number of hydrogen-bond acceptors (Lipinski definition) is 3. The van der Waals surface area contributed by atoms with Crippen LogP contribution in [0.3, 0.4) is 0 Å². The van der Waals surface area contributed by atoms with Crippen molar-refractivity contribution in [3.63, 3.8) is 0 Å². The second-order valence-corrected chi connectivity index (χ2v) is 5.87. The lowest BCUT2D eigenvalue weighted by molar-refractivity contribution is -0.384. The van der Waals surface area contributed by atoms with E-state index in [-0.39, 0.29) is 5.69 Å². The van der Waals surface area contributed by atoms with Gasteiger partial charge in [-0.1, -0.05) is 26.0 Å². The first-order valence-corrected chi connectivity index (χ1v) is 7.63. The van der Waals surface area contributed by atoms with Gasteiger partial charge in [0.2, 0.25) is 0 Å². The molecule has 0 fully saturated rings. The molecule has 0 aliphatic carbocycles. The van der Waals surface area contributed by atoms with E-state index in [1.807, 2.05) is 0 Å². The van der Waals surface area contributed by atoms with Gasteiger partial charge in [0.05, 0.1) is 4.92 Å². The van der Waals surface area contributed by atoms with Crippen molar-refractivity contribution in [3.05, 3.63) is 39.9 Å². The van der Waals surface area contributed by atoms with E-state index in [1.165, 1.54) is 18.6 Å². The van der Waals surface area contributed by atoms with Crippen LogP contribution in [0.25, 0.3) is 0 Å². The van der Waals surface area contributed by atoms with Gasteiger partial charge < -0.3 is 10.6 Å². The molecule has 1 rings (SSSR count). The molecule has 0 amide bonds. The Kier molecular flexibility index (Phi) is 7.36. The molecule has 0 saturated carbocycles. The third-order valence-electron chi connectivity index (χ3n) is 3.39. The second kappa shape index (κ2) is 9.02. The zero-order valence-corrected chi connectivity index (χ0v) is 13.8. The monoisotopic (exact) mass is 306 g/mol. The lowest BCUT2D eigenvalue weighted by Crippen LogP contribution is -2.41. The third kappa shape index (κ3) is 6.56. The number of rotatable bonds is 7. The van der Waals surface area contributed by atoms with Gasteiger partial charge in [-0.3, -0.25) is 15.1 Å². The van der Waals surface area contributed by atoms with Crippen molar-refractivity contribution in [2.45, 2.75) is 46.2 Å². The van der Waals surface area contributed by atoms with Crippen LogP contribution >= 0.6 is 0 Å². The molecule has 6 nitrogen and oxygen atoms in total. The Bertz CT molecular complexity index is 497. The highest BCUT2D eigenvalue weighted by Gasteiger charge is 2.07. The summed E-state index contributed by atoms with van der Waals surface area (Å²) in [5.74, 6) is 1.44. The fourth-order valence-corrected chi connectivity index (χ4v) is 2.00. The van der Waals surface area contributed by atoms with Gasteiger partial charge in [0.15, 0.2) is 5.96 Å². The van der Waals surface area contributed by atoms with Gasteiger partial charge in [0.1, 0.15) is 0 Å². The van der Waals surface area contributed by atoms with Crippen LogP contribution in [-0.4, -0.2) is 24.0 Å². The van der Waals surface area contributed by atoms with Crippen LogP contribution in [0.4, 0.5) is 5.69 Å². The normalized spacial score (nSPS) is 13.0. The fraction of sp³-hybridized carbons (Fsp3) is 0.562. The van der Waals surface area contributed by atoms with Crippen LogP contribution in [-0.2, 0) is 6.54 Å². The molecule has 6 heteroatoms. The van der Waals surface area contributed by atoms with Crippen LogP contribution in [0, 0.1) is 16.0 Å². The van der Waals surface area contributed by atoms with E-state index in [0.29, 0.717) is 18.5 Å². The van der Waals surface area contributed by atoms with Crippen molar-refractivity contribution >= 4 is 11.6 Å². The summed E-state index contributed by atoms with van der Waals surface area (Å²) in [5.41, 5.74) is 1.08. The average molecular weight is 306 g/mol. The number of aliphatic imine (C=N–C) groups is 1. The van der Waals surface area contributed by atoms with Crippen molar-refractivity contribution in [1.82, 2.24) is 10.6 Å². The van der Waals surface area contributed by atoms with Gasteiger partial charge in [-0.15, -0.1) is 0 Å². The van der Waals surface area contributed by atoms with Crippen molar-refractivity contribution in [2.24, 2.45) is 10.9 Å². The van der Waals surface area contributed by atoms with E-state index < -0.39 is 4.92 Å². The Morgan fingerprint density at radius 1 is 1.23 bits per heavy atom. The summed E-state index contributed by atoms with van der Waals surface area (Å²) in [5, 5.41) is 17.2. The summed E-state index contributed by atoms with van der Waals surface area (Å²) in [7, 11) is 1.74. The molecule has 122 valence electrons. The summed E-state index contributed by atoms with van der Waals surface area (Å²) < 4.78 is 0. The number of benzene rings is 1. The zero-order valence-electron chi connectivity index (χ0n) is 13.8. The van der Waals surface area contributed by atoms with E-state index in [0.717, 1.165) is 17.9 Å². The smallest absolute Gasteiger partial charge is 0.269 e. The Morgan fingerprint density at radius 2 is 1.86 bits per heavy atom. The van der Waals surface area contributed by atoms with Crippen molar-refractivity contribution < 1.29 is 4.92 Å². The first-order chi connectivity index (χ1) is 10.4. The summed E-state index contributed by atoms with van der Waals surface area (Å²) in [6.45, 7) is 7.15. The number of nitro groups is 1. The van der Waals surface area contributed by atoms with E-state index in [9.17, 15) is 10.1 Å².